The predicted octanol–water partition coefficient (Wildman–Crippen LogP) is 2.97. The number of halogens is 1. The zero-order valence-electron chi connectivity index (χ0n) is 15.0. The van der Waals surface area contributed by atoms with Gasteiger partial charge in [-0.1, -0.05) is 0 Å². The van der Waals surface area contributed by atoms with Gasteiger partial charge in [0.2, 0.25) is 0 Å². The summed E-state index contributed by atoms with van der Waals surface area (Å²) in [5.41, 5.74) is 8.43. The fraction of sp³-hybridized carbons (Fsp3) is 0.474. The fourth-order valence-electron chi connectivity index (χ4n) is 3.61. The number of hydrogen-bond acceptors (Lipinski definition) is 3. The molecule has 0 bridgehead atoms. The van der Waals surface area contributed by atoms with E-state index in [2.05, 4.69) is 5.10 Å². The quantitative estimate of drug-likeness (QED) is 0.931. The molecule has 1 amide bonds. The second-order valence-corrected chi connectivity index (χ2v) is 6.93. The summed E-state index contributed by atoms with van der Waals surface area (Å²) in [6.45, 7) is 6.33. The Kier molecular flexibility index (Phi) is 4.90. The molecule has 1 aliphatic rings. The Labute approximate surface area is 147 Å². The van der Waals surface area contributed by atoms with Gasteiger partial charge in [0.05, 0.1) is 5.69 Å². The highest BCUT2D eigenvalue weighted by Gasteiger charge is 2.30. The summed E-state index contributed by atoms with van der Waals surface area (Å²) < 4.78 is 16.2. The van der Waals surface area contributed by atoms with Gasteiger partial charge >= 0.3 is 0 Å². The topological polar surface area (TPSA) is 64.2 Å². The van der Waals surface area contributed by atoms with E-state index in [9.17, 15) is 9.18 Å². The van der Waals surface area contributed by atoms with E-state index in [1.807, 2.05) is 26.8 Å². The van der Waals surface area contributed by atoms with Crippen molar-refractivity contribution in [1.29, 1.82) is 0 Å². The lowest BCUT2D eigenvalue weighted by Gasteiger charge is -2.38. The van der Waals surface area contributed by atoms with Crippen LogP contribution in [0.5, 0.6) is 0 Å². The average molecular weight is 344 g/mol. The third kappa shape index (κ3) is 3.44. The van der Waals surface area contributed by atoms with Crippen LogP contribution >= 0.6 is 0 Å². The van der Waals surface area contributed by atoms with Gasteiger partial charge in [0.1, 0.15) is 11.5 Å². The van der Waals surface area contributed by atoms with Crippen molar-refractivity contribution in [3.8, 4) is 5.69 Å². The minimum absolute atomic E-state index is 0.0139. The summed E-state index contributed by atoms with van der Waals surface area (Å²) in [5.74, 6) is -0.604. The fourth-order valence-corrected chi connectivity index (χ4v) is 3.61. The number of benzene rings is 1. The molecule has 1 aromatic carbocycles. The van der Waals surface area contributed by atoms with Crippen LogP contribution in [0.25, 0.3) is 5.69 Å². The largest absolute Gasteiger partial charge is 0.334 e. The Hall–Kier alpha value is -2.21. The zero-order valence-corrected chi connectivity index (χ0v) is 15.0. The number of hydrogen-bond donors (Lipinski definition) is 1. The average Bonchev–Trinajstić information content (AvgIpc) is 2.92. The highest BCUT2D eigenvalue weighted by Crippen LogP contribution is 2.23. The highest BCUT2D eigenvalue weighted by molar-refractivity contribution is 5.94. The molecule has 1 fully saturated rings. The summed E-state index contributed by atoms with van der Waals surface area (Å²) in [6, 6.07) is 6.40. The Balaban J connectivity index is 1.89. The smallest absolute Gasteiger partial charge is 0.254 e. The summed E-state index contributed by atoms with van der Waals surface area (Å²) in [7, 11) is 0. The Morgan fingerprint density at radius 3 is 2.68 bits per heavy atom. The number of carbonyl (C=O) groups is 1. The van der Waals surface area contributed by atoms with Crippen molar-refractivity contribution in [2.45, 2.75) is 52.1 Å². The first-order chi connectivity index (χ1) is 11.9. The first kappa shape index (κ1) is 17.6. The van der Waals surface area contributed by atoms with Crippen molar-refractivity contribution in [3.63, 3.8) is 0 Å². The van der Waals surface area contributed by atoms with Gasteiger partial charge in [0, 0.05) is 29.9 Å². The van der Waals surface area contributed by atoms with Crippen molar-refractivity contribution in [2.75, 3.05) is 6.54 Å². The van der Waals surface area contributed by atoms with Gasteiger partial charge in [-0.15, -0.1) is 0 Å². The second kappa shape index (κ2) is 6.96. The van der Waals surface area contributed by atoms with E-state index in [0.717, 1.165) is 30.7 Å². The van der Waals surface area contributed by atoms with Crippen molar-refractivity contribution in [1.82, 2.24) is 14.7 Å². The maximum absolute atomic E-state index is 14.7. The number of nitrogens with zero attached hydrogens (tertiary/aromatic N) is 3. The summed E-state index contributed by atoms with van der Waals surface area (Å²) in [4.78, 5) is 14.7. The monoisotopic (exact) mass is 344 g/mol. The molecule has 3 rings (SSSR count). The van der Waals surface area contributed by atoms with Crippen LogP contribution in [0.3, 0.4) is 0 Å². The van der Waals surface area contributed by atoms with Crippen LogP contribution in [0.4, 0.5) is 4.39 Å². The third-order valence-electron chi connectivity index (χ3n) is 4.85. The Bertz CT molecular complexity index is 784. The lowest BCUT2D eigenvalue weighted by molar-refractivity contribution is 0.0583. The predicted molar refractivity (Wildman–Crippen MR) is 95.3 cm³/mol. The van der Waals surface area contributed by atoms with Crippen LogP contribution < -0.4 is 5.73 Å². The number of likely N-dealkylation sites (tertiary alicyclic amines) is 1. The minimum Gasteiger partial charge on any atom is -0.334 e. The summed E-state index contributed by atoms with van der Waals surface area (Å²) in [6.07, 6.45) is 2.93. The molecule has 0 saturated carbocycles. The van der Waals surface area contributed by atoms with E-state index in [1.165, 1.54) is 6.07 Å². The van der Waals surface area contributed by atoms with Crippen LogP contribution in [0.1, 0.15) is 47.9 Å². The van der Waals surface area contributed by atoms with E-state index in [0.29, 0.717) is 17.8 Å². The maximum atomic E-state index is 14.7. The van der Waals surface area contributed by atoms with E-state index in [1.54, 1.807) is 21.7 Å². The van der Waals surface area contributed by atoms with Crippen LogP contribution in [0.2, 0.25) is 0 Å². The van der Waals surface area contributed by atoms with Crippen LogP contribution in [0.15, 0.2) is 24.3 Å². The molecule has 6 heteroatoms. The lowest BCUT2D eigenvalue weighted by Crippen LogP contribution is -2.51. The van der Waals surface area contributed by atoms with Crippen molar-refractivity contribution < 1.29 is 9.18 Å². The van der Waals surface area contributed by atoms with Gasteiger partial charge in [-0.05, 0) is 64.3 Å². The van der Waals surface area contributed by atoms with Crippen molar-refractivity contribution >= 4 is 5.91 Å². The normalized spacial score (nSPS) is 19.1. The first-order valence-corrected chi connectivity index (χ1v) is 8.78. The number of amides is 1. The molecule has 2 atom stereocenters. The molecule has 0 aliphatic carbocycles. The molecule has 0 radical (unpaired) electrons. The van der Waals surface area contributed by atoms with Crippen LogP contribution in [-0.2, 0) is 0 Å². The minimum atomic E-state index is -0.452. The van der Waals surface area contributed by atoms with Crippen LogP contribution in [-0.4, -0.2) is 39.2 Å². The summed E-state index contributed by atoms with van der Waals surface area (Å²) in [5, 5.41) is 4.31. The summed E-state index contributed by atoms with van der Waals surface area (Å²) >= 11 is 0. The molecule has 2 N–H and O–H groups in total. The van der Waals surface area contributed by atoms with Gasteiger partial charge < -0.3 is 10.6 Å². The Morgan fingerprint density at radius 1 is 1.32 bits per heavy atom. The molecular weight excluding hydrogens is 319 g/mol. The third-order valence-corrected chi connectivity index (χ3v) is 4.85. The Morgan fingerprint density at radius 2 is 2.08 bits per heavy atom. The molecule has 2 heterocycles. The molecule has 2 unspecified atom stereocenters. The lowest BCUT2D eigenvalue weighted by atomic mass is 9.96. The van der Waals surface area contributed by atoms with E-state index < -0.39 is 5.82 Å². The standard InChI is InChI=1S/C19H25FN4O/c1-12-10-13(2)24(22-12)18-8-7-15(11-16(18)20)19(25)23-9-5-4-6-17(23)14(3)21/h7-8,10-11,14,17H,4-6,9,21H2,1-3H3. The van der Waals surface area contributed by atoms with E-state index >= 15 is 0 Å². The van der Waals surface area contributed by atoms with Crippen molar-refractivity contribution in [3.05, 3.63) is 47.0 Å². The number of aryl methyl sites for hydroxylation is 2. The molecule has 1 saturated heterocycles. The molecule has 0 spiro atoms. The van der Waals surface area contributed by atoms with Gasteiger partial charge in [-0.3, -0.25) is 4.79 Å². The number of aromatic nitrogens is 2. The number of rotatable bonds is 3. The molecular formula is C19H25FN4O. The van der Waals surface area contributed by atoms with Gasteiger partial charge in [-0.2, -0.15) is 5.10 Å². The number of piperidine rings is 1. The SMILES string of the molecule is Cc1cc(C)n(-c2ccc(C(=O)N3CCCCC3C(C)N)cc2F)n1. The maximum Gasteiger partial charge on any atom is 0.254 e. The second-order valence-electron chi connectivity index (χ2n) is 6.93. The van der Waals surface area contributed by atoms with Gasteiger partial charge in [0.25, 0.3) is 5.91 Å². The van der Waals surface area contributed by atoms with Crippen LogP contribution in [0, 0.1) is 19.7 Å². The zero-order chi connectivity index (χ0) is 18.1. The molecule has 2 aromatic rings. The van der Waals surface area contributed by atoms with E-state index in [4.69, 9.17) is 5.73 Å². The number of carbonyl (C=O) groups excluding carboxylic acids is 1. The van der Waals surface area contributed by atoms with Crippen molar-refractivity contribution in [2.24, 2.45) is 5.73 Å². The molecule has 25 heavy (non-hydrogen) atoms. The van der Waals surface area contributed by atoms with E-state index in [-0.39, 0.29) is 18.0 Å². The van der Waals surface area contributed by atoms with Gasteiger partial charge in [0.15, 0.2) is 0 Å². The number of nitrogens with two attached hydrogens (primary N) is 1. The van der Waals surface area contributed by atoms with Gasteiger partial charge in [-0.25, -0.2) is 9.07 Å². The molecule has 134 valence electrons. The first-order valence-electron chi connectivity index (χ1n) is 8.78. The molecule has 1 aliphatic heterocycles. The highest BCUT2D eigenvalue weighted by atomic mass is 19.1. The molecule has 1 aromatic heterocycles. The molecule has 5 nitrogen and oxygen atoms in total.